The van der Waals surface area contributed by atoms with Gasteiger partial charge in [-0.3, -0.25) is 0 Å². The number of likely N-dealkylation sites (N-methyl/N-ethyl adjacent to an activating group) is 1. The fourth-order valence-corrected chi connectivity index (χ4v) is 2.82. The summed E-state index contributed by atoms with van der Waals surface area (Å²) in [6.07, 6.45) is -0.394. The van der Waals surface area contributed by atoms with E-state index < -0.39 is 6.10 Å². The van der Waals surface area contributed by atoms with Crippen LogP contribution in [0.5, 0.6) is 11.5 Å². The molecule has 128 valence electrons. The first-order chi connectivity index (χ1) is 11.6. The summed E-state index contributed by atoms with van der Waals surface area (Å²) in [4.78, 5) is 1.66. The molecule has 0 saturated carbocycles. The van der Waals surface area contributed by atoms with Crippen molar-refractivity contribution in [2.24, 2.45) is 0 Å². The van der Waals surface area contributed by atoms with Crippen molar-refractivity contribution in [2.45, 2.75) is 26.6 Å². The van der Waals surface area contributed by atoms with E-state index in [0.29, 0.717) is 29.8 Å². The average molecular weight is 348 g/mol. The molecule has 1 aromatic carbocycles. The molecule has 2 aromatic rings. The number of nitrogens with zero attached hydrogens (tertiary/aromatic N) is 2. The first kappa shape index (κ1) is 16.7. The highest BCUT2D eigenvalue weighted by Crippen LogP contribution is 2.35. The number of fused-ring (bicyclic) bond motifs is 1. The lowest BCUT2D eigenvalue weighted by atomic mass is 10.2. The lowest BCUT2D eigenvalue weighted by molar-refractivity contribution is -0.917. The van der Waals surface area contributed by atoms with Crippen LogP contribution in [0.1, 0.15) is 25.8 Å². The molecule has 6 nitrogen and oxygen atoms in total. The third-order valence-electron chi connectivity index (χ3n) is 3.83. The quantitative estimate of drug-likeness (QED) is 0.640. The van der Waals surface area contributed by atoms with Gasteiger partial charge in [0.25, 0.3) is 10.7 Å². The summed E-state index contributed by atoms with van der Waals surface area (Å²) in [5, 5.41) is 4.49. The third-order valence-corrected chi connectivity index (χ3v) is 4.13. The van der Waals surface area contributed by atoms with Crippen LogP contribution in [0.25, 0.3) is 0 Å². The molecule has 0 radical (unpaired) electrons. The summed E-state index contributed by atoms with van der Waals surface area (Å²) in [5.74, 6) is 1.86. The number of para-hydroxylation sites is 2. The summed E-state index contributed by atoms with van der Waals surface area (Å²) in [6, 6.07) is 7.55. The number of rotatable bonds is 6. The Balaban J connectivity index is 1.75. The van der Waals surface area contributed by atoms with E-state index in [9.17, 15) is 0 Å². The number of nitrogens with one attached hydrogen (secondary N) is 1. The van der Waals surface area contributed by atoms with Crippen molar-refractivity contribution < 1.29 is 18.8 Å². The highest BCUT2D eigenvalue weighted by atomic mass is 32.1. The smallest absolute Gasteiger partial charge is 0.292 e. The highest BCUT2D eigenvalue weighted by molar-refractivity contribution is 7.71. The van der Waals surface area contributed by atoms with E-state index in [2.05, 4.69) is 18.6 Å². The molecule has 24 heavy (non-hydrogen) atoms. The largest absolute Gasteiger partial charge is 0.485 e. The predicted octanol–water partition coefficient (Wildman–Crippen LogP) is 2.16. The molecule has 1 aliphatic heterocycles. The van der Waals surface area contributed by atoms with E-state index in [1.807, 2.05) is 31.2 Å². The molecule has 0 fully saturated rings. The fourth-order valence-electron chi connectivity index (χ4n) is 2.62. The normalized spacial score (nSPS) is 17.5. The van der Waals surface area contributed by atoms with Crippen LogP contribution in [0, 0.1) is 4.84 Å². The van der Waals surface area contributed by atoms with Crippen molar-refractivity contribution in [1.82, 2.24) is 9.78 Å². The average Bonchev–Trinajstić information content (AvgIpc) is 2.94. The van der Waals surface area contributed by atoms with Gasteiger partial charge in [0.2, 0.25) is 6.10 Å². The van der Waals surface area contributed by atoms with Gasteiger partial charge in [0.1, 0.15) is 6.61 Å². The Morgan fingerprint density at radius 1 is 1.42 bits per heavy atom. The van der Waals surface area contributed by atoms with Gasteiger partial charge in [-0.2, -0.15) is 4.68 Å². The molecular weight excluding hydrogens is 326 g/mol. The molecule has 1 aliphatic rings. The first-order valence-corrected chi connectivity index (χ1v) is 8.42. The number of benzene rings is 1. The van der Waals surface area contributed by atoms with E-state index in [-0.39, 0.29) is 0 Å². The van der Waals surface area contributed by atoms with Crippen molar-refractivity contribution in [1.29, 1.82) is 0 Å². The van der Waals surface area contributed by atoms with Crippen LogP contribution < -0.4 is 14.4 Å². The Kier molecular flexibility index (Phi) is 5.01. The van der Waals surface area contributed by atoms with E-state index in [1.165, 1.54) is 4.90 Å². The summed E-state index contributed by atoms with van der Waals surface area (Å²) >= 11 is 5.30. The number of hydrogen-bond donors (Lipinski definition) is 1. The molecule has 1 aromatic heterocycles. The molecule has 0 saturated heterocycles. The molecule has 0 aliphatic carbocycles. The molecule has 7 heteroatoms. The summed E-state index contributed by atoms with van der Waals surface area (Å²) in [7, 11) is 0. The summed E-state index contributed by atoms with van der Waals surface area (Å²) in [5.41, 5.74) is 1.13. The van der Waals surface area contributed by atoms with Gasteiger partial charge in [0.05, 0.1) is 13.1 Å². The number of aromatic nitrogens is 2. The summed E-state index contributed by atoms with van der Waals surface area (Å²) in [6.45, 7) is 10.9. The number of ether oxygens (including phenoxy) is 2. The van der Waals surface area contributed by atoms with Crippen LogP contribution >= 0.6 is 12.2 Å². The minimum atomic E-state index is -0.394. The van der Waals surface area contributed by atoms with Gasteiger partial charge in [-0.1, -0.05) is 18.7 Å². The Morgan fingerprint density at radius 2 is 2.17 bits per heavy atom. The molecule has 1 N–H and O–H groups in total. The first-order valence-electron chi connectivity index (χ1n) is 8.01. The maximum Gasteiger partial charge on any atom is 0.292 e. The number of quaternary nitrogens is 1. The van der Waals surface area contributed by atoms with Gasteiger partial charge >= 0.3 is 0 Å². The standard InChI is InChI=1S/C17H21N3O3S/c1-4-19(9-12(2)3)11-20-17(24)23-16(18-20)15-10-21-13-7-5-6-8-14(13)22-15/h5-8,15H,2,4,9-11H2,1,3H3/p+1/t15-/m0/s1. The maximum absolute atomic E-state index is 5.92. The molecular formula is C17H22N3O3S+. The Bertz CT molecular complexity index is 783. The second-order valence-corrected chi connectivity index (χ2v) is 6.31. The van der Waals surface area contributed by atoms with Crippen molar-refractivity contribution in [3.63, 3.8) is 0 Å². The van der Waals surface area contributed by atoms with Crippen LogP contribution in [-0.4, -0.2) is 29.5 Å². The Labute approximate surface area is 146 Å². The van der Waals surface area contributed by atoms with Gasteiger partial charge in [0, 0.05) is 0 Å². The van der Waals surface area contributed by atoms with Crippen LogP contribution in [0.3, 0.4) is 0 Å². The van der Waals surface area contributed by atoms with E-state index in [4.69, 9.17) is 26.1 Å². The number of hydrogen-bond acceptors (Lipinski definition) is 5. The second-order valence-electron chi connectivity index (χ2n) is 5.97. The van der Waals surface area contributed by atoms with E-state index >= 15 is 0 Å². The van der Waals surface area contributed by atoms with Gasteiger partial charge in [0.15, 0.2) is 18.2 Å². The third kappa shape index (κ3) is 3.68. The Hall–Kier alpha value is -2.12. The lowest BCUT2D eigenvalue weighted by Gasteiger charge is -2.23. The fraction of sp³-hybridized carbons (Fsp3) is 0.412. The van der Waals surface area contributed by atoms with Crippen LogP contribution in [-0.2, 0) is 6.67 Å². The zero-order valence-electron chi connectivity index (χ0n) is 13.9. The van der Waals surface area contributed by atoms with Gasteiger partial charge in [-0.15, -0.1) is 5.10 Å². The zero-order valence-corrected chi connectivity index (χ0v) is 14.8. The van der Waals surface area contributed by atoms with Crippen LogP contribution in [0.2, 0.25) is 0 Å². The minimum absolute atomic E-state index is 0.347. The van der Waals surface area contributed by atoms with Gasteiger partial charge < -0.3 is 18.8 Å². The minimum Gasteiger partial charge on any atom is -0.485 e. The topological polar surface area (TPSA) is 53.9 Å². The van der Waals surface area contributed by atoms with Crippen molar-refractivity contribution >= 4 is 12.2 Å². The molecule has 3 rings (SSSR count). The lowest BCUT2D eigenvalue weighted by Crippen LogP contribution is -3.11. The van der Waals surface area contributed by atoms with Crippen molar-refractivity contribution in [2.75, 3.05) is 19.7 Å². The Morgan fingerprint density at radius 3 is 2.88 bits per heavy atom. The predicted molar refractivity (Wildman–Crippen MR) is 91.8 cm³/mol. The molecule has 0 spiro atoms. The second kappa shape index (κ2) is 7.19. The van der Waals surface area contributed by atoms with E-state index in [1.54, 1.807) is 4.68 Å². The molecule has 1 unspecified atom stereocenters. The van der Waals surface area contributed by atoms with Crippen molar-refractivity contribution in [3.8, 4) is 11.5 Å². The van der Waals surface area contributed by atoms with Gasteiger partial charge in [-0.05, 0) is 43.8 Å². The zero-order chi connectivity index (χ0) is 17.1. The molecule has 2 heterocycles. The maximum atomic E-state index is 5.92. The molecule has 0 amide bonds. The van der Waals surface area contributed by atoms with E-state index in [0.717, 1.165) is 24.4 Å². The molecule has 0 bridgehead atoms. The monoisotopic (exact) mass is 348 g/mol. The molecule has 2 atom stereocenters. The summed E-state index contributed by atoms with van der Waals surface area (Å²) < 4.78 is 19.0. The van der Waals surface area contributed by atoms with Crippen LogP contribution in [0.4, 0.5) is 0 Å². The highest BCUT2D eigenvalue weighted by Gasteiger charge is 2.27. The van der Waals surface area contributed by atoms with Gasteiger partial charge in [-0.25, -0.2) is 0 Å². The van der Waals surface area contributed by atoms with Crippen molar-refractivity contribution in [3.05, 3.63) is 47.1 Å². The SMILES string of the molecule is C=C(C)C[NH+](CC)Cn1nc([C@@H]2COc3ccccc3O2)oc1=S. The van der Waals surface area contributed by atoms with Crippen LogP contribution in [0.15, 0.2) is 40.8 Å².